The van der Waals surface area contributed by atoms with E-state index in [9.17, 15) is 4.79 Å². The Hall–Kier alpha value is -2.44. The highest BCUT2D eigenvalue weighted by Crippen LogP contribution is 2.28. The van der Waals surface area contributed by atoms with Crippen LogP contribution in [0, 0.1) is 19.8 Å². The molecule has 156 valence electrons. The molecule has 2 aliphatic heterocycles. The number of carbonyl (C=O) groups is 1. The number of fused-ring (bicyclic) bond motifs is 1. The number of nitrogens with zero attached hydrogens (tertiary/aromatic N) is 6. The maximum Gasteiger partial charge on any atom is 0.226 e. The average Bonchev–Trinajstić information content (AvgIpc) is 3.10. The van der Waals surface area contributed by atoms with Crippen LogP contribution in [0.5, 0.6) is 0 Å². The smallest absolute Gasteiger partial charge is 0.226 e. The zero-order chi connectivity index (χ0) is 20.8. The van der Waals surface area contributed by atoms with Crippen molar-refractivity contribution in [2.75, 3.05) is 24.5 Å². The monoisotopic (exact) mass is 396 g/mol. The predicted molar refractivity (Wildman–Crippen MR) is 113 cm³/mol. The van der Waals surface area contributed by atoms with Gasteiger partial charge in [0, 0.05) is 61.2 Å². The molecule has 0 spiro atoms. The number of piperidine rings is 1. The van der Waals surface area contributed by atoms with Gasteiger partial charge in [-0.25, -0.2) is 9.97 Å². The molecule has 2 aromatic rings. The van der Waals surface area contributed by atoms with Crippen molar-refractivity contribution in [3.8, 4) is 0 Å². The molecule has 0 unspecified atom stereocenters. The molecule has 0 radical (unpaired) electrons. The lowest BCUT2D eigenvalue weighted by atomic mass is 9.94. The van der Waals surface area contributed by atoms with Crippen molar-refractivity contribution in [2.45, 2.75) is 66.0 Å². The van der Waals surface area contributed by atoms with Crippen LogP contribution in [0.3, 0.4) is 0 Å². The summed E-state index contributed by atoms with van der Waals surface area (Å²) < 4.78 is 2.12. The second kappa shape index (κ2) is 7.43. The SMILES string of the molecule is Cc1cc(C)nc(N2CCC(C(=O)N3CCc4c(cnn4C(C)(C)C)C3)CC2)n1. The van der Waals surface area contributed by atoms with Crippen LogP contribution in [0.15, 0.2) is 12.3 Å². The van der Waals surface area contributed by atoms with E-state index in [1.54, 1.807) is 0 Å². The summed E-state index contributed by atoms with van der Waals surface area (Å²) in [5, 5.41) is 4.59. The van der Waals surface area contributed by atoms with E-state index < -0.39 is 0 Å². The van der Waals surface area contributed by atoms with E-state index in [0.29, 0.717) is 12.5 Å². The van der Waals surface area contributed by atoms with Crippen molar-refractivity contribution in [1.82, 2.24) is 24.6 Å². The Morgan fingerprint density at radius 1 is 1.07 bits per heavy atom. The molecule has 0 aromatic carbocycles. The third-order valence-electron chi connectivity index (χ3n) is 5.98. The Balaban J connectivity index is 1.38. The number of amides is 1. The van der Waals surface area contributed by atoms with Gasteiger partial charge in [0.05, 0.1) is 11.7 Å². The van der Waals surface area contributed by atoms with Crippen molar-refractivity contribution in [1.29, 1.82) is 0 Å². The van der Waals surface area contributed by atoms with Crippen molar-refractivity contribution < 1.29 is 4.79 Å². The van der Waals surface area contributed by atoms with E-state index >= 15 is 0 Å². The lowest BCUT2D eigenvalue weighted by Crippen LogP contribution is -2.45. The maximum atomic E-state index is 13.2. The topological polar surface area (TPSA) is 67.2 Å². The molecule has 1 saturated heterocycles. The second-order valence-electron chi connectivity index (χ2n) is 9.42. The molecule has 7 nitrogen and oxygen atoms in total. The van der Waals surface area contributed by atoms with Crippen LogP contribution in [0.2, 0.25) is 0 Å². The highest BCUT2D eigenvalue weighted by Gasteiger charge is 2.33. The van der Waals surface area contributed by atoms with Crippen LogP contribution in [0.4, 0.5) is 5.95 Å². The van der Waals surface area contributed by atoms with Crippen LogP contribution in [0.1, 0.15) is 56.3 Å². The van der Waals surface area contributed by atoms with Gasteiger partial charge in [-0.05, 0) is 53.5 Å². The van der Waals surface area contributed by atoms with Crippen molar-refractivity contribution >= 4 is 11.9 Å². The van der Waals surface area contributed by atoms with Gasteiger partial charge < -0.3 is 9.80 Å². The van der Waals surface area contributed by atoms with Gasteiger partial charge in [-0.3, -0.25) is 9.48 Å². The zero-order valence-electron chi connectivity index (χ0n) is 18.3. The molecule has 0 bridgehead atoms. The predicted octanol–water partition coefficient (Wildman–Crippen LogP) is 2.85. The van der Waals surface area contributed by atoms with E-state index in [2.05, 4.69) is 45.4 Å². The molecule has 1 fully saturated rings. The molecule has 2 aliphatic rings. The number of hydrogen-bond acceptors (Lipinski definition) is 5. The standard InChI is InChI=1S/C22H32N6O/c1-15-12-16(2)25-21(24-15)26-9-6-17(7-10-26)20(29)27-11-8-19-18(14-27)13-23-28(19)22(3,4)5/h12-13,17H,6-11,14H2,1-5H3. The van der Waals surface area contributed by atoms with Crippen molar-refractivity contribution in [2.24, 2.45) is 5.92 Å². The fourth-order valence-corrected chi connectivity index (χ4v) is 4.53. The third-order valence-corrected chi connectivity index (χ3v) is 5.98. The third kappa shape index (κ3) is 4.00. The highest BCUT2D eigenvalue weighted by atomic mass is 16.2. The lowest BCUT2D eigenvalue weighted by Gasteiger charge is -2.36. The second-order valence-corrected chi connectivity index (χ2v) is 9.42. The van der Waals surface area contributed by atoms with Crippen LogP contribution < -0.4 is 4.90 Å². The Morgan fingerprint density at radius 2 is 1.72 bits per heavy atom. The first-order valence-electron chi connectivity index (χ1n) is 10.6. The summed E-state index contributed by atoms with van der Waals surface area (Å²) in [7, 11) is 0. The van der Waals surface area contributed by atoms with Gasteiger partial charge in [0.1, 0.15) is 0 Å². The lowest BCUT2D eigenvalue weighted by molar-refractivity contribution is -0.137. The van der Waals surface area contributed by atoms with E-state index in [1.807, 2.05) is 31.0 Å². The van der Waals surface area contributed by atoms with Gasteiger partial charge in [-0.15, -0.1) is 0 Å². The fourth-order valence-electron chi connectivity index (χ4n) is 4.53. The van der Waals surface area contributed by atoms with E-state index in [1.165, 1.54) is 11.3 Å². The first-order valence-corrected chi connectivity index (χ1v) is 10.6. The van der Waals surface area contributed by atoms with Gasteiger partial charge in [0.2, 0.25) is 11.9 Å². The Morgan fingerprint density at radius 3 is 2.34 bits per heavy atom. The van der Waals surface area contributed by atoms with Crippen LogP contribution in [0.25, 0.3) is 0 Å². The summed E-state index contributed by atoms with van der Waals surface area (Å²) in [6, 6.07) is 1.99. The first-order chi connectivity index (χ1) is 13.7. The number of anilines is 1. The average molecular weight is 397 g/mol. The zero-order valence-corrected chi connectivity index (χ0v) is 18.3. The normalized spacial score (nSPS) is 18.1. The minimum atomic E-state index is -0.0250. The number of carbonyl (C=O) groups excluding carboxylic acids is 1. The summed E-state index contributed by atoms with van der Waals surface area (Å²) in [6.45, 7) is 13.7. The number of rotatable bonds is 2. The molecule has 2 aromatic heterocycles. The molecule has 0 atom stereocenters. The molecular formula is C22H32N6O. The van der Waals surface area contributed by atoms with Crippen molar-refractivity contribution in [3.05, 3.63) is 34.9 Å². The van der Waals surface area contributed by atoms with E-state index in [4.69, 9.17) is 0 Å². The summed E-state index contributed by atoms with van der Waals surface area (Å²) in [5.41, 5.74) is 4.43. The molecule has 0 N–H and O–H groups in total. The minimum absolute atomic E-state index is 0.0250. The quantitative estimate of drug-likeness (QED) is 0.781. The summed E-state index contributed by atoms with van der Waals surface area (Å²) >= 11 is 0. The number of aromatic nitrogens is 4. The van der Waals surface area contributed by atoms with E-state index in [0.717, 1.165) is 56.2 Å². The van der Waals surface area contributed by atoms with Crippen molar-refractivity contribution in [3.63, 3.8) is 0 Å². The fraction of sp³-hybridized carbons (Fsp3) is 0.636. The highest BCUT2D eigenvalue weighted by molar-refractivity contribution is 5.79. The molecule has 1 amide bonds. The Bertz CT molecular complexity index is 884. The summed E-state index contributed by atoms with van der Waals surface area (Å²) in [4.78, 5) is 26.6. The number of hydrogen-bond donors (Lipinski definition) is 0. The summed E-state index contributed by atoms with van der Waals surface area (Å²) in [6.07, 6.45) is 4.55. The first kappa shape index (κ1) is 19.9. The molecule has 0 saturated carbocycles. The molecule has 4 heterocycles. The number of aryl methyl sites for hydroxylation is 2. The maximum absolute atomic E-state index is 13.2. The van der Waals surface area contributed by atoms with Gasteiger partial charge in [-0.1, -0.05) is 0 Å². The van der Waals surface area contributed by atoms with Crippen LogP contribution in [-0.4, -0.2) is 50.2 Å². The summed E-state index contributed by atoms with van der Waals surface area (Å²) in [5.74, 6) is 1.18. The van der Waals surface area contributed by atoms with Gasteiger partial charge in [0.15, 0.2) is 0 Å². The van der Waals surface area contributed by atoms with Gasteiger partial charge in [-0.2, -0.15) is 5.10 Å². The van der Waals surface area contributed by atoms with Gasteiger partial charge in [0.25, 0.3) is 0 Å². The largest absolute Gasteiger partial charge is 0.341 e. The van der Waals surface area contributed by atoms with E-state index in [-0.39, 0.29) is 11.5 Å². The minimum Gasteiger partial charge on any atom is -0.341 e. The molecule has 0 aliphatic carbocycles. The van der Waals surface area contributed by atoms with Gasteiger partial charge >= 0.3 is 0 Å². The molecule has 7 heteroatoms. The Kier molecular flexibility index (Phi) is 5.09. The molecule has 29 heavy (non-hydrogen) atoms. The Labute approximate surface area is 173 Å². The van der Waals surface area contributed by atoms with Crippen LogP contribution in [-0.2, 0) is 23.3 Å². The van der Waals surface area contributed by atoms with Crippen LogP contribution >= 0.6 is 0 Å². The molecule has 4 rings (SSSR count). The molecular weight excluding hydrogens is 364 g/mol.